The zero-order chi connectivity index (χ0) is 17.8. The van der Waals surface area contributed by atoms with Gasteiger partial charge in [-0.05, 0) is 70.9 Å². The van der Waals surface area contributed by atoms with Gasteiger partial charge >= 0.3 is 5.97 Å². The fourth-order valence-electron chi connectivity index (χ4n) is 2.46. The summed E-state index contributed by atoms with van der Waals surface area (Å²) in [4.78, 5) is 11.8. The van der Waals surface area contributed by atoms with E-state index in [2.05, 4.69) is 39.8 Å². The first-order chi connectivity index (χ1) is 11.5. The minimum absolute atomic E-state index is 0.224. The smallest absolute Gasteiger partial charge is 0.338 e. The van der Waals surface area contributed by atoms with Gasteiger partial charge in [0.1, 0.15) is 0 Å². The molecule has 0 bridgehead atoms. The molecule has 0 aromatic heterocycles. The normalized spacial score (nSPS) is 12.6. The van der Waals surface area contributed by atoms with Gasteiger partial charge in [0, 0.05) is 0 Å². The molecule has 0 fully saturated rings. The van der Waals surface area contributed by atoms with E-state index in [-0.39, 0.29) is 5.97 Å². The van der Waals surface area contributed by atoms with Gasteiger partial charge in [0.2, 0.25) is 0 Å². The summed E-state index contributed by atoms with van der Waals surface area (Å²) >= 11 is 0. The molecule has 132 valence electrons. The van der Waals surface area contributed by atoms with Crippen molar-refractivity contribution in [1.29, 1.82) is 0 Å². The van der Waals surface area contributed by atoms with Gasteiger partial charge in [-0.25, -0.2) is 4.79 Å². The van der Waals surface area contributed by atoms with Crippen LogP contribution in [-0.2, 0) is 4.74 Å². The summed E-state index contributed by atoms with van der Waals surface area (Å²) < 4.78 is 5.34. The van der Waals surface area contributed by atoms with E-state index in [1.165, 1.54) is 11.1 Å². The fraction of sp³-hybridized carbons (Fsp3) is 0.500. The average molecular weight is 328 g/mol. The third-order valence-corrected chi connectivity index (χ3v) is 4.10. The standard InChI is InChI=1S/C22H32O2/c1-18(2)10-8-11-19(3)12-9-13-20(4)16-17-24-22(23)21-14-6-5-7-15-21/h5-7,10,12,14-15,20H,8-9,11,13,16-17H2,1-4H3/b19-12+/t20-/m0/s1. The average Bonchev–Trinajstić information content (AvgIpc) is 2.55. The second-order valence-electron chi connectivity index (χ2n) is 6.84. The first-order valence-corrected chi connectivity index (χ1v) is 9.00. The molecule has 0 aliphatic heterocycles. The minimum Gasteiger partial charge on any atom is -0.462 e. The number of carbonyl (C=O) groups is 1. The number of benzene rings is 1. The highest BCUT2D eigenvalue weighted by Gasteiger charge is 2.07. The number of hydrogen-bond donors (Lipinski definition) is 0. The lowest BCUT2D eigenvalue weighted by molar-refractivity contribution is 0.0484. The van der Waals surface area contributed by atoms with Crippen molar-refractivity contribution in [1.82, 2.24) is 0 Å². The molecule has 0 heterocycles. The van der Waals surface area contributed by atoms with E-state index in [9.17, 15) is 4.79 Å². The molecule has 2 heteroatoms. The topological polar surface area (TPSA) is 26.3 Å². The molecular weight excluding hydrogens is 296 g/mol. The fourth-order valence-corrected chi connectivity index (χ4v) is 2.46. The van der Waals surface area contributed by atoms with Crippen LogP contribution in [0.3, 0.4) is 0 Å². The van der Waals surface area contributed by atoms with E-state index in [0.717, 1.165) is 32.1 Å². The molecule has 1 aromatic rings. The lowest BCUT2D eigenvalue weighted by atomic mass is 10.0. The van der Waals surface area contributed by atoms with Crippen molar-refractivity contribution in [2.75, 3.05) is 6.61 Å². The summed E-state index contributed by atoms with van der Waals surface area (Å²) in [7, 11) is 0. The number of ether oxygens (including phenoxy) is 1. The summed E-state index contributed by atoms with van der Waals surface area (Å²) in [5.74, 6) is 0.341. The maximum absolute atomic E-state index is 11.8. The lowest BCUT2D eigenvalue weighted by Crippen LogP contribution is -2.08. The second-order valence-corrected chi connectivity index (χ2v) is 6.84. The monoisotopic (exact) mass is 328 g/mol. The van der Waals surface area contributed by atoms with Gasteiger partial charge in [-0.3, -0.25) is 0 Å². The molecule has 0 saturated carbocycles. The molecule has 0 spiro atoms. The molecule has 0 aliphatic carbocycles. The van der Waals surface area contributed by atoms with Crippen molar-refractivity contribution in [3.8, 4) is 0 Å². The van der Waals surface area contributed by atoms with Crippen LogP contribution < -0.4 is 0 Å². The Labute approximate surface area is 147 Å². The molecule has 0 radical (unpaired) electrons. The number of allylic oxidation sites excluding steroid dienone is 4. The van der Waals surface area contributed by atoms with Crippen LogP contribution in [0.2, 0.25) is 0 Å². The van der Waals surface area contributed by atoms with Crippen LogP contribution in [0, 0.1) is 5.92 Å². The molecule has 0 amide bonds. The number of hydrogen-bond acceptors (Lipinski definition) is 2. The predicted molar refractivity (Wildman–Crippen MR) is 102 cm³/mol. The number of carbonyl (C=O) groups excluding carboxylic acids is 1. The highest BCUT2D eigenvalue weighted by Crippen LogP contribution is 2.14. The zero-order valence-corrected chi connectivity index (χ0v) is 15.7. The molecule has 2 nitrogen and oxygen atoms in total. The van der Waals surface area contributed by atoms with Crippen molar-refractivity contribution in [2.45, 2.75) is 59.8 Å². The van der Waals surface area contributed by atoms with Gasteiger partial charge in [0.05, 0.1) is 12.2 Å². The van der Waals surface area contributed by atoms with E-state index in [4.69, 9.17) is 4.74 Å². The third-order valence-electron chi connectivity index (χ3n) is 4.10. The molecule has 1 atom stereocenters. The minimum atomic E-state index is -0.224. The Morgan fingerprint density at radius 3 is 2.42 bits per heavy atom. The summed E-state index contributed by atoms with van der Waals surface area (Å²) in [5, 5.41) is 0. The highest BCUT2D eigenvalue weighted by atomic mass is 16.5. The molecule has 0 unspecified atom stereocenters. The Hall–Kier alpha value is -1.83. The first kappa shape index (κ1) is 20.2. The summed E-state index contributed by atoms with van der Waals surface area (Å²) in [6.45, 7) is 9.22. The van der Waals surface area contributed by atoms with Gasteiger partial charge in [-0.2, -0.15) is 0 Å². The SMILES string of the molecule is CC(C)=CCC/C(C)=C/CC[C@H](C)CCOC(=O)c1ccccc1. The van der Waals surface area contributed by atoms with Crippen molar-refractivity contribution >= 4 is 5.97 Å². The van der Waals surface area contributed by atoms with Crippen LogP contribution in [0.5, 0.6) is 0 Å². The molecular formula is C22H32O2. The Morgan fingerprint density at radius 1 is 1.04 bits per heavy atom. The predicted octanol–water partition coefficient (Wildman–Crippen LogP) is 6.34. The molecule has 0 N–H and O–H groups in total. The maximum atomic E-state index is 11.8. The van der Waals surface area contributed by atoms with E-state index in [0.29, 0.717) is 18.1 Å². The Bertz CT molecular complexity index is 536. The lowest BCUT2D eigenvalue weighted by Gasteiger charge is -2.11. The summed E-state index contributed by atoms with van der Waals surface area (Å²) in [6, 6.07) is 9.17. The maximum Gasteiger partial charge on any atom is 0.338 e. The van der Waals surface area contributed by atoms with E-state index in [1.54, 1.807) is 12.1 Å². The molecule has 0 aliphatic rings. The van der Waals surface area contributed by atoms with Crippen molar-refractivity contribution in [3.05, 3.63) is 59.2 Å². The molecule has 24 heavy (non-hydrogen) atoms. The second kappa shape index (κ2) is 11.7. The summed E-state index contributed by atoms with van der Waals surface area (Å²) in [6.07, 6.45) is 10.1. The van der Waals surface area contributed by atoms with Gasteiger partial charge in [0.15, 0.2) is 0 Å². The molecule has 0 saturated heterocycles. The van der Waals surface area contributed by atoms with Crippen LogP contribution in [0.25, 0.3) is 0 Å². The molecule has 1 rings (SSSR count). The number of esters is 1. The van der Waals surface area contributed by atoms with Gasteiger partial charge in [-0.15, -0.1) is 0 Å². The van der Waals surface area contributed by atoms with E-state index < -0.39 is 0 Å². The van der Waals surface area contributed by atoms with Crippen molar-refractivity contribution < 1.29 is 9.53 Å². The van der Waals surface area contributed by atoms with Crippen LogP contribution in [0.1, 0.15) is 70.2 Å². The zero-order valence-electron chi connectivity index (χ0n) is 15.7. The highest BCUT2D eigenvalue weighted by molar-refractivity contribution is 5.89. The van der Waals surface area contributed by atoms with Crippen LogP contribution in [-0.4, -0.2) is 12.6 Å². The third kappa shape index (κ3) is 9.34. The Balaban J connectivity index is 2.16. The van der Waals surface area contributed by atoms with Crippen LogP contribution >= 0.6 is 0 Å². The van der Waals surface area contributed by atoms with Gasteiger partial charge in [-0.1, -0.05) is 48.4 Å². The molecule has 1 aromatic carbocycles. The van der Waals surface area contributed by atoms with Crippen molar-refractivity contribution in [2.24, 2.45) is 5.92 Å². The Morgan fingerprint density at radius 2 is 1.75 bits per heavy atom. The van der Waals surface area contributed by atoms with Crippen LogP contribution in [0.4, 0.5) is 0 Å². The quantitative estimate of drug-likeness (QED) is 0.370. The van der Waals surface area contributed by atoms with Gasteiger partial charge in [0.25, 0.3) is 0 Å². The van der Waals surface area contributed by atoms with E-state index in [1.807, 2.05) is 18.2 Å². The summed E-state index contributed by atoms with van der Waals surface area (Å²) in [5.41, 5.74) is 3.48. The number of rotatable bonds is 10. The van der Waals surface area contributed by atoms with Gasteiger partial charge < -0.3 is 4.74 Å². The first-order valence-electron chi connectivity index (χ1n) is 9.00. The Kier molecular flexibility index (Phi) is 9.83. The van der Waals surface area contributed by atoms with Crippen molar-refractivity contribution in [3.63, 3.8) is 0 Å². The van der Waals surface area contributed by atoms with Crippen LogP contribution in [0.15, 0.2) is 53.6 Å². The van der Waals surface area contributed by atoms with E-state index >= 15 is 0 Å². The largest absolute Gasteiger partial charge is 0.462 e.